The van der Waals surface area contributed by atoms with Crippen LogP contribution >= 0.6 is 0 Å². The van der Waals surface area contributed by atoms with Gasteiger partial charge in [0.05, 0.1) is 0 Å². The number of hydrogen-bond donors (Lipinski definition) is 2. The number of carbonyl (C=O) groups is 2. The van der Waals surface area contributed by atoms with Gasteiger partial charge in [0.2, 0.25) is 0 Å². The zero-order chi connectivity index (χ0) is 18.5. The zero-order valence-electron chi connectivity index (χ0n) is 14.4. The van der Waals surface area contributed by atoms with Crippen LogP contribution in [0.3, 0.4) is 0 Å². The molecule has 2 amide bonds. The second-order valence-corrected chi connectivity index (χ2v) is 5.59. The van der Waals surface area contributed by atoms with Crippen LogP contribution in [-0.2, 0) is 0 Å². The van der Waals surface area contributed by atoms with E-state index in [-0.39, 0.29) is 11.8 Å². The molecule has 132 valence electrons. The minimum Gasteiger partial charge on any atom is -0.352 e. The van der Waals surface area contributed by atoms with Crippen LogP contribution in [0, 0.1) is 6.92 Å². The average molecular weight is 350 g/mol. The van der Waals surface area contributed by atoms with Crippen molar-refractivity contribution in [2.45, 2.75) is 13.8 Å². The Morgan fingerprint density at radius 3 is 2.65 bits per heavy atom. The second kappa shape index (κ2) is 7.56. The van der Waals surface area contributed by atoms with Crippen molar-refractivity contribution in [3.8, 4) is 5.82 Å². The third-order valence-corrected chi connectivity index (χ3v) is 3.75. The monoisotopic (exact) mass is 350 g/mol. The summed E-state index contributed by atoms with van der Waals surface area (Å²) in [5.74, 6) is 0.00763. The van der Waals surface area contributed by atoms with Gasteiger partial charge in [0, 0.05) is 29.6 Å². The van der Waals surface area contributed by atoms with Gasteiger partial charge in [0.25, 0.3) is 11.8 Å². The van der Waals surface area contributed by atoms with Crippen LogP contribution in [0.2, 0.25) is 0 Å². The maximum atomic E-state index is 12.6. The molecular formula is C18H18N6O2. The normalized spacial score (nSPS) is 10.4. The van der Waals surface area contributed by atoms with Gasteiger partial charge >= 0.3 is 0 Å². The number of nitrogens with one attached hydrogen (secondary N) is 2. The van der Waals surface area contributed by atoms with Gasteiger partial charge < -0.3 is 10.6 Å². The number of amides is 2. The number of nitrogens with zero attached hydrogens (tertiary/aromatic N) is 4. The van der Waals surface area contributed by atoms with Crippen LogP contribution in [0.25, 0.3) is 5.82 Å². The van der Waals surface area contributed by atoms with Crippen molar-refractivity contribution in [3.63, 3.8) is 0 Å². The Balaban J connectivity index is 1.83. The van der Waals surface area contributed by atoms with Crippen molar-refractivity contribution in [2.75, 3.05) is 11.9 Å². The van der Waals surface area contributed by atoms with Crippen LogP contribution in [0.1, 0.15) is 33.2 Å². The summed E-state index contributed by atoms with van der Waals surface area (Å²) >= 11 is 0. The van der Waals surface area contributed by atoms with Gasteiger partial charge in [0.15, 0.2) is 5.82 Å². The Morgan fingerprint density at radius 2 is 1.92 bits per heavy atom. The van der Waals surface area contributed by atoms with Gasteiger partial charge in [-0.25, -0.2) is 14.6 Å². The number of hydrogen-bond acceptors (Lipinski definition) is 5. The lowest BCUT2D eigenvalue weighted by molar-refractivity contribution is 0.0954. The van der Waals surface area contributed by atoms with E-state index < -0.39 is 0 Å². The van der Waals surface area contributed by atoms with Gasteiger partial charge in [-0.3, -0.25) is 9.59 Å². The Labute approximate surface area is 150 Å². The molecule has 3 aromatic rings. The molecule has 2 N–H and O–H groups in total. The summed E-state index contributed by atoms with van der Waals surface area (Å²) in [5, 5.41) is 9.59. The number of pyridine rings is 1. The molecular weight excluding hydrogens is 332 g/mol. The number of carbonyl (C=O) groups excluding carboxylic acids is 2. The standard InChI is InChI=1S/C18H18N6O2/c1-3-20-17(25)13-5-4-12(2)15(8-13)23-18(26)14-6-7-21-16(9-14)24-11-19-10-22-24/h4-11H,3H2,1-2H3,(H,20,25)(H,23,26). The fourth-order valence-corrected chi connectivity index (χ4v) is 2.37. The first-order valence-corrected chi connectivity index (χ1v) is 8.09. The maximum Gasteiger partial charge on any atom is 0.255 e. The summed E-state index contributed by atoms with van der Waals surface area (Å²) in [4.78, 5) is 32.6. The fourth-order valence-electron chi connectivity index (χ4n) is 2.37. The lowest BCUT2D eigenvalue weighted by Gasteiger charge is -2.11. The Kier molecular flexibility index (Phi) is 5.02. The number of benzene rings is 1. The van der Waals surface area contributed by atoms with E-state index >= 15 is 0 Å². The lowest BCUT2D eigenvalue weighted by atomic mass is 10.1. The molecule has 8 nitrogen and oxygen atoms in total. The van der Waals surface area contributed by atoms with E-state index in [0.29, 0.717) is 29.2 Å². The van der Waals surface area contributed by atoms with Gasteiger partial charge in [-0.2, -0.15) is 5.10 Å². The SMILES string of the molecule is CCNC(=O)c1ccc(C)c(NC(=O)c2ccnc(-n3cncn3)c2)c1. The molecule has 0 fully saturated rings. The van der Waals surface area contributed by atoms with Crippen LogP contribution in [-0.4, -0.2) is 38.1 Å². The van der Waals surface area contributed by atoms with Gasteiger partial charge in [0.1, 0.15) is 12.7 Å². The third kappa shape index (κ3) is 3.75. The number of anilines is 1. The predicted octanol–water partition coefficient (Wildman–Crippen LogP) is 1.97. The molecule has 1 aromatic carbocycles. The summed E-state index contributed by atoms with van der Waals surface area (Å²) in [7, 11) is 0. The van der Waals surface area contributed by atoms with E-state index in [9.17, 15) is 9.59 Å². The smallest absolute Gasteiger partial charge is 0.255 e. The highest BCUT2D eigenvalue weighted by Gasteiger charge is 2.12. The highest BCUT2D eigenvalue weighted by atomic mass is 16.2. The molecule has 0 aliphatic rings. The average Bonchev–Trinajstić information content (AvgIpc) is 3.18. The first kappa shape index (κ1) is 17.3. The first-order chi connectivity index (χ1) is 12.6. The molecule has 26 heavy (non-hydrogen) atoms. The summed E-state index contributed by atoms with van der Waals surface area (Å²) in [5.41, 5.74) is 2.36. The summed E-state index contributed by atoms with van der Waals surface area (Å²) < 4.78 is 1.47. The van der Waals surface area contributed by atoms with Gasteiger partial charge in [-0.05, 0) is 43.7 Å². The van der Waals surface area contributed by atoms with E-state index in [1.165, 1.54) is 23.5 Å². The minimum atomic E-state index is -0.301. The van der Waals surface area contributed by atoms with Gasteiger partial charge in [-0.15, -0.1) is 0 Å². The molecule has 0 radical (unpaired) electrons. The summed E-state index contributed by atoms with van der Waals surface area (Å²) in [6.07, 6.45) is 4.43. The van der Waals surface area contributed by atoms with Crippen LogP contribution < -0.4 is 10.6 Å². The molecule has 0 aliphatic heterocycles. The summed E-state index contributed by atoms with van der Waals surface area (Å²) in [6.45, 7) is 4.26. The third-order valence-electron chi connectivity index (χ3n) is 3.75. The van der Waals surface area contributed by atoms with E-state index in [2.05, 4.69) is 25.7 Å². The van der Waals surface area contributed by atoms with Crippen molar-refractivity contribution in [3.05, 3.63) is 65.9 Å². The molecule has 0 spiro atoms. The van der Waals surface area contributed by atoms with Crippen LogP contribution in [0.4, 0.5) is 5.69 Å². The quantitative estimate of drug-likeness (QED) is 0.732. The van der Waals surface area contributed by atoms with E-state index in [1.54, 1.807) is 30.3 Å². The van der Waals surface area contributed by atoms with E-state index in [4.69, 9.17) is 0 Å². The number of aryl methyl sites for hydroxylation is 1. The largest absolute Gasteiger partial charge is 0.352 e. The molecule has 2 aromatic heterocycles. The highest BCUT2D eigenvalue weighted by Crippen LogP contribution is 2.18. The fraction of sp³-hybridized carbons (Fsp3) is 0.167. The molecule has 0 saturated heterocycles. The van der Waals surface area contributed by atoms with Crippen LogP contribution in [0.15, 0.2) is 49.2 Å². The molecule has 8 heteroatoms. The number of rotatable bonds is 5. The molecule has 0 unspecified atom stereocenters. The Bertz CT molecular complexity index is 937. The van der Waals surface area contributed by atoms with Crippen molar-refractivity contribution < 1.29 is 9.59 Å². The van der Waals surface area contributed by atoms with Crippen molar-refractivity contribution in [1.29, 1.82) is 0 Å². The Hall–Kier alpha value is -3.55. The first-order valence-electron chi connectivity index (χ1n) is 8.09. The highest BCUT2D eigenvalue weighted by molar-refractivity contribution is 6.05. The van der Waals surface area contributed by atoms with Crippen LogP contribution in [0.5, 0.6) is 0 Å². The summed E-state index contributed by atoms with van der Waals surface area (Å²) in [6, 6.07) is 8.42. The van der Waals surface area contributed by atoms with E-state index in [1.807, 2.05) is 13.8 Å². The topological polar surface area (TPSA) is 102 Å². The van der Waals surface area contributed by atoms with Crippen molar-refractivity contribution in [1.82, 2.24) is 25.1 Å². The maximum absolute atomic E-state index is 12.6. The second-order valence-electron chi connectivity index (χ2n) is 5.59. The molecule has 3 rings (SSSR count). The van der Waals surface area contributed by atoms with E-state index in [0.717, 1.165) is 5.56 Å². The van der Waals surface area contributed by atoms with Gasteiger partial charge in [-0.1, -0.05) is 6.07 Å². The zero-order valence-corrected chi connectivity index (χ0v) is 14.4. The molecule has 0 aliphatic carbocycles. The molecule has 0 saturated carbocycles. The molecule has 0 atom stereocenters. The van der Waals surface area contributed by atoms with Crippen molar-refractivity contribution in [2.24, 2.45) is 0 Å². The molecule has 2 heterocycles. The predicted molar refractivity (Wildman–Crippen MR) is 96.3 cm³/mol. The minimum absolute atomic E-state index is 0.180. The van der Waals surface area contributed by atoms with Crippen molar-refractivity contribution >= 4 is 17.5 Å². The molecule has 0 bridgehead atoms. The Morgan fingerprint density at radius 1 is 1.12 bits per heavy atom. The lowest BCUT2D eigenvalue weighted by Crippen LogP contribution is -2.23. The number of aromatic nitrogens is 4.